The number of hydrogen-bond acceptors (Lipinski definition) is 5. The van der Waals surface area contributed by atoms with Crippen molar-refractivity contribution in [3.8, 4) is 0 Å². The van der Waals surface area contributed by atoms with E-state index in [0.717, 1.165) is 37.8 Å². The third-order valence-corrected chi connectivity index (χ3v) is 8.93. The molecule has 4 fully saturated rings. The number of para-hydroxylation sites is 1. The predicted octanol–water partition coefficient (Wildman–Crippen LogP) is 2.92. The van der Waals surface area contributed by atoms with E-state index in [2.05, 4.69) is 13.2 Å². The summed E-state index contributed by atoms with van der Waals surface area (Å²) >= 11 is 0. The summed E-state index contributed by atoms with van der Waals surface area (Å²) in [6.45, 7) is 8.18. The van der Waals surface area contributed by atoms with Crippen LogP contribution in [0.1, 0.15) is 44.9 Å². The number of aliphatic hydroxyl groups is 1. The van der Waals surface area contributed by atoms with Crippen molar-refractivity contribution in [2.45, 2.75) is 68.7 Å². The minimum atomic E-state index is -1.07. The number of amides is 3. The topological polar surface area (TPSA) is 90.4 Å². The van der Waals surface area contributed by atoms with Crippen molar-refractivity contribution < 1.29 is 24.2 Å². The molecule has 1 aliphatic carbocycles. The molecule has 8 heteroatoms. The second-order valence-electron chi connectivity index (χ2n) is 11.0. The van der Waals surface area contributed by atoms with Crippen molar-refractivity contribution in [3.63, 3.8) is 0 Å². The van der Waals surface area contributed by atoms with Crippen LogP contribution in [0.5, 0.6) is 0 Å². The summed E-state index contributed by atoms with van der Waals surface area (Å²) < 4.78 is 6.59. The molecule has 0 radical (unpaired) electrons. The minimum absolute atomic E-state index is 0.0318. The van der Waals surface area contributed by atoms with Crippen molar-refractivity contribution in [1.29, 1.82) is 0 Å². The first-order chi connectivity index (χ1) is 18.5. The summed E-state index contributed by atoms with van der Waals surface area (Å²) in [7, 11) is 0. The van der Waals surface area contributed by atoms with Crippen molar-refractivity contribution in [3.05, 3.63) is 55.6 Å². The van der Waals surface area contributed by atoms with E-state index in [1.807, 2.05) is 35.2 Å². The number of β-amino-alcohol motifs (C(OH)–C–C–N with tert-alkyl or cyclic N) is 1. The lowest BCUT2D eigenvalue weighted by molar-refractivity contribution is -0.150. The van der Waals surface area contributed by atoms with Gasteiger partial charge in [0.2, 0.25) is 17.7 Å². The molecule has 1 spiro atoms. The van der Waals surface area contributed by atoms with Gasteiger partial charge in [-0.25, -0.2) is 0 Å². The van der Waals surface area contributed by atoms with Gasteiger partial charge in [0.15, 0.2) is 0 Å². The summed E-state index contributed by atoms with van der Waals surface area (Å²) in [5.41, 5.74) is -0.340. The third kappa shape index (κ3) is 4.28. The second-order valence-corrected chi connectivity index (χ2v) is 11.0. The van der Waals surface area contributed by atoms with E-state index in [-0.39, 0.29) is 36.9 Å². The summed E-state index contributed by atoms with van der Waals surface area (Å²) in [5.74, 6) is -2.07. The maximum Gasteiger partial charge on any atom is 0.248 e. The highest BCUT2D eigenvalue weighted by Crippen LogP contribution is 2.59. The Labute approximate surface area is 224 Å². The summed E-state index contributed by atoms with van der Waals surface area (Å²) in [6.07, 6.45) is 9.27. The molecule has 1 saturated carbocycles. The van der Waals surface area contributed by atoms with E-state index in [0.29, 0.717) is 25.9 Å². The maximum atomic E-state index is 14.3. The maximum absolute atomic E-state index is 14.3. The van der Waals surface area contributed by atoms with Gasteiger partial charge in [0, 0.05) is 31.4 Å². The van der Waals surface area contributed by atoms with Crippen molar-refractivity contribution in [1.82, 2.24) is 9.80 Å². The average molecular weight is 522 g/mol. The Kier molecular flexibility index (Phi) is 7.73. The Bertz CT molecular complexity index is 1070. The molecule has 1 N–H and O–H groups in total. The monoisotopic (exact) mass is 521 g/mol. The number of carbonyl (C=O) groups excluding carboxylic acids is 3. The first-order valence-electron chi connectivity index (χ1n) is 14.0. The highest BCUT2D eigenvalue weighted by Gasteiger charge is 2.75. The van der Waals surface area contributed by atoms with Crippen LogP contribution in [0.15, 0.2) is 55.6 Å². The molecule has 5 atom stereocenters. The zero-order valence-electron chi connectivity index (χ0n) is 22.0. The first kappa shape index (κ1) is 26.6. The standard InChI is InChI=1S/C30H39N3O5/c1-3-17-31(21-11-7-5-8-12-21)27(35)24-23-15-16-30(38-23)25(24)28(36)33(19-20-34)26(30)29(37)32(18-4-2)22-13-9-6-10-14-22/h3-5,7-8,11-12,22-26,34H,1-2,6,9-10,13-20H2/t23-,24+,25-,26?,30?/m0/s1. The van der Waals surface area contributed by atoms with Crippen LogP contribution in [0.25, 0.3) is 0 Å². The number of benzene rings is 1. The quantitative estimate of drug-likeness (QED) is 0.478. The van der Waals surface area contributed by atoms with E-state index >= 15 is 0 Å². The zero-order valence-corrected chi connectivity index (χ0v) is 22.0. The summed E-state index contributed by atoms with van der Waals surface area (Å²) in [4.78, 5) is 47.5. The molecule has 3 amide bonds. The Morgan fingerprint density at radius 1 is 1.05 bits per heavy atom. The molecule has 2 unspecified atom stereocenters. The molecule has 3 aliphatic heterocycles. The van der Waals surface area contributed by atoms with Crippen molar-refractivity contribution in [2.75, 3.05) is 31.1 Å². The fraction of sp³-hybridized carbons (Fsp3) is 0.567. The highest BCUT2D eigenvalue weighted by atomic mass is 16.5. The smallest absolute Gasteiger partial charge is 0.248 e. The first-order valence-corrected chi connectivity index (χ1v) is 14.0. The molecule has 4 aliphatic rings. The highest BCUT2D eigenvalue weighted by molar-refractivity contribution is 6.03. The van der Waals surface area contributed by atoms with Crippen LogP contribution in [0.2, 0.25) is 0 Å². The van der Waals surface area contributed by atoms with Gasteiger partial charge in [-0.2, -0.15) is 0 Å². The second kappa shape index (κ2) is 11.0. The van der Waals surface area contributed by atoms with Gasteiger partial charge in [0.05, 0.1) is 24.5 Å². The number of nitrogens with zero attached hydrogens (tertiary/aromatic N) is 3. The van der Waals surface area contributed by atoms with Gasteiger partial charge in [0.1, 0.15) is 11.6 Å². The van der Waals surface area contributed by atoms with Crippen molar-refractivity contribution in [2.24, 2.45) is 11.8 Å². The number of anilines is 1. The molecule has 3 heterocycles. The zero-order chi connectivity index (χ0) is 26.9. The van der Waals surface area contributed by atoms with E-state index < -0.39 is 29.6 Å². The summed E-state index contributed by atoms with van der Waals surface area (Å²) in [5, 5.41) is 9.88. The number of aliphatic hydroxyl groups excluding tert-OH is 1. The van der Waals surface area contributed by atoms with Crippen LogP contribution in [-0.2, 0) is 19.1 Å². The average Bonchev–Trinajstić information content (AvgIpc) is 3.58. The SMILES string of the molecule is C=CCN(C(=O)[C@@H]1[C@@H]2CCC3(O2)C(C(=O)N(CC=C)C2CCCCC2)N(CCO)C(=O)[C@H]13)c1ccccc1. The Morgan fingerprint density at radius 2 is 1.76 bits per heavy atom. The fourth-order valence-electron chi connectivity index (χ4n) is 7.41. The Morgan fingerprint density at radius 3 is 2.42 bits per heavy atom. The van der Waals surface area contributed by atoms with Crippen LogP contribution in [0.4, 0.5) is 5.69 Å². The summed E-state index contributed by atoms with van der Waals surface area (Å²) in [6, 6.07) is 8.59. The van der Waals surface area contributed by atoms with Gasteiger partial charge in [-0.3, -0.25) is 14.4 Å². The van der Waals surface area contributed by atoms with Crippen molar-refractivity contribution >= 4 is 23.4 Å². The number of carbonyl (C=O) groups is 3. The van der Waals surface area contributed by atoms with Crippen LogP contribution < -0.4 is 4.90 Å². The van der Waals surface area contributed by atoms with Gasteiger partial charge in [-0.1, -0.05) is 49.6 Å². The molecule has 204 valence electrons. The number of ether oxygens (including phenoxy) is 1. The number of likely N-dealkylation sites (tertiary alicyclic amines) is 1. The molecule has 1 aromatic carbocycles. The number of fused-ring (bicyclic) bond motifs is 1. The third-order valence-electron chi connectivity index (χ3n) is 8.93. The van der Waals surface area contributed by atoms with E-state index in [9.17, 15) is 19.5 Å². The lowest BCUT2D eigenvalue weighted by Crippen LogP contribution is -2.58. The molecular formula is C30H39N3O5. The minimum Gasteiger partial charge on any atom is -0.395 e. The Hall–Kier alpha value is -2.97. The molecule has 5 rings (SSSR count). The van der Waals surface area contributed by atoms with Gasteiger partial charge in [-0.15, -0.1) is 13.2 Å². The molecule has 2 bridgehead atoms. The predicted molar refractivity (Wildman–Crippen MR) is 144 cm³/mol. The van der Waals surface area contributed by atoms with Crippen LogP contribution >= 0.6 is 0 Å². The Balaban J connectivity index is 1.51. The van der Waals surface area contributed by atoms with Crippen LogP contribution in [0, 0.1) is 11.8 Å². The van der Waals surface area contributed by atoms with Gasteiger partial charge in [0.25, 0.3) is 0 Å². The molecule has 38 heavy (non-hydrogen) atoms. The van der Waals surface area contributed by atoms with Crippen LogP contribution in [-0.4, -0.2) is 82.7 Å². The lowest BCUT2D eigenvalue weighted by atomic mass is 9.70. The van der Waals surface area contributed by atoms with Crippen LogP contribution in [0.3, 0.4) is 0 Å². The van der Waals surface area contributed by atoms with Gasteiger partial charge < -0.3 is 24.5 Å². The fourth-order valence-corrected chi connectivity index (χ4v) is 7.41. The molecule has 1 aromatic rings. The van der Waals surface area contributed by atoms with E-state index in [1.165, 1.54) is 4.90 Å². The lowest BCUT2D eigenvalue weighted by Gasteiger charge is -2.40. The normalized spacial score (nSPS) is 30.2. The number of rotatable bonds is 10. The molecule has 0 aromatic heterocycles. The van der Waals surface area contributed by atoms with E-state index in [4.69, 9.17) is 4.74 Å². The van der Waals surface area contributed by atoms with Gasteiger partial charge >= 0.3 is 0 Å². The molecule has 8 nitrogen and oxygen atoms in total. The largest absolute Gasteiger partial charge is 0.395 e. The van der Waals surface area contributed by atoms with Gasteiger partial charge in [-0.05, 0) is 37.8 Å². The molecule has 3 saturated heterocycles. The molecular weight excluding hydrogens is 482 g/mol. The van der Waals surface area contributed by atoms with E-state index in [1.54, 1.807) is 17.1 Å². The number of hydrogen-bond donors (Lipinski definition) is 1.